The molecule has 1 aliphatic rings. The maximum Gasteiger partial charge on any atom is 0.249 e. The van der Waals surface area contributed by atoms with Gasteiger partial charge in [-0.2, -0.15) is 0 Å². The normalized spacial score (nSPS) is 22.6. The number of carbonyl (C=O) groups is 1. The van der Waals surface area contributed by atoms with Gasteiger partial charge in [0.25, 0.3) is 0 Å². The van der Waals surface area contributed by atoms with Crippen LogP contribution in [0.25, 0.3) is 0 Å². The van der Waals surface area contributed by atoms with E-state index in [2.05, 4.69) is 0 Å². The van der Waals surface area contributed by atoms with Crippen molar-refractivity contribution in [3.05, 3.63) is 69.7 Å². The van der Waals surface area contributed by atoms with Gasteiger partial charge in [0.2, 0.25) is 5.91 Å². The monoisotopic (exact) mass is 407 g/mol. The highest BCUT2D eigenvalue weighted by Gasteiger charge is 2.42. The third-order valence-corrected chi connectivity index (χ3v) is 5.47. The fourth-order valence-electron chi connectivity index (χ4n) is 3.75. The molecule has 0 radical (unpaired) electrons. The summed E-state index contributed by atoms with van der Waals surface area (Å²) in [5.74, 6) is -0.138. The Hall–Kier alpha value is -1.59. The summed E-state index contributed by atoms with van der Waals surface area (Å²) in [4.78, 5) is 14.6. The highest BCUT2D eigenvalue weighted by molar-refractivity contribution is 6.30. The van der Waals surface area contributed by atoms with E-state index in [1.807, 2.05) is 37.3 Å². The van der Waals surface area contributed by atoms with Crippen molar-refractivity contribution in [1.82, 2.24) is 4.90 Å². The van der Waals surface area contributed by atoms with E-state index in [9.17, 15) is 9.90 Å². The number of benzene rings is 2. The van der Waals surface area contributed by atoms with Crippen molar-refractivity contribution in [3.63, 3.8) is 0 Å². The molecule has 3 rings (SSSR count). The standard InChI is InChI=1S/C21H23Cl2NO3/c1-3-18(13(2)25)24-19(26)12-27-21(15-5-4-6-17(23)11-15)20(24)14-7-9-16(22)10-8-14/h4-11,13,18,20-21,25H,3,12H2,1-2H3. The Morgan fingerprint density at radius 1 is 1.15 bits per heavy atom. The average Bonchev–Trinajstić information content (AvgIpc) is 2.64. The van der Waals surface area contributed by atoms with Gasteiger partial charge in [0, 0.05) is 10.0 Å². The molecular formula is C21H23Cl2NO3. The largest absolute Gasteiger partial charge is 0.391 e. The van der Waals surface area contributed by atoms with Crippen LogP contribution in [0.3, 0.4) is 0 Å². The molecule has 0 aliphatic carbocycles. The van der Waals surface area contributed by atoms with Crippen molar-refractivity contribution in [2.45, 2.75) is 44.6 Å². The lowest BCUT2D eigenvalue weighted by Gasteiger charge is -2.46. The van der Waals surface area contributed by atoms with Crippen LogP contribution in [0.5, 0.6) is 0 Å². The third-order valence-electron chi connectivity index (χ3n) is 4.98. The Morgan fingerprint density at radius 2 is 1.85 bits per heavy atom. The summed E-state index contributed by atoms with van der Waals surface area (Å²) in [5.41, 5.74) is 1.79. The molecule has 0 aromatic heterocycles. The first-order chi connectivity index (χ1) is 12.9. The van der Waals surface area contributed by atoms with E-state index in [4.69, 9.17) is 27.9 Å². The number of amides is 1. The highest BCUT2D eigenvalue weighted by Crippen LogP contribution is 2.42. The van der Waals surface area contributed by atoms with E-state index in [1.54, 1.807) is 30.0 Å². The fraction of sp³-hybridized carbons (Fsp3) is 0.381. The molecule has 27 heavy (non-hydrogen) atoms. The number of hydrogen-bond donors (Lipinski definition) is 1. The van der Waals surface area contributed by atoms with Crippen molar-refractivity contribution in [3.8, 4) is 0 Å². The van der Waals surface area contributed by atoms with Gasteiger partial charge in [-0.1, -0.05) is 54.4 Å². The second-order valence-corrected chi connectivity index (χ2v) is 7.67. The number of halogens is 2. The van der Waals surface area contributed by atoms with Gasteiger partial charge in [0.05, 0.1) is 18.2 Å². The molecule has 6 heteroatoms. The zero-order valence-corrected chi connectivity index (χ0v) is 16.8. The van der Waals surface area contributed by atoms with Crippen LogP contribution in [0.4, 0.5) is 0 Å². The Bertz CT molecular complexity index is 794. The smallest absolute Gasteiger partial charge is 0.249 e. The number of hydrogen-bond acceptors (Lipinski definition) is 3. The second kappa shape index (κ2) is 8.61. The molecule has 4 unspecified atom stereocenters. The van der Waals surface area contributed by atoms with Crippen LogP contribution in [-0.4, -0.2) is 34.7 Å². The van der Waals surface area contributed by atoms with Crippen molar-refractivity contribution < 1.29 is 14.6 Å². The van der Waals surface area contributed by atoms with Crippen LogP contribution in [-0.2, 0) is 9.53 Å². The summed E-state index contributed by atoms with van der Waals surface area (Å²) in [5, 5.41) is 11.5. The van der Waals surface area contributed by atoms with E-state index >= 15 is 0 Å². The summed E-state index contributed by atoms with van der Waals surface area (Å²) >= 11 is 12.3. The van der Waals surface area contributed by atoms with Crippen molar-refractivity contribution in [2.75, 3.05) is 6.61 Å². The Kier molecular flexibility index (Phi) is 6.43. The number of aliphatic hydroxyl groups excluding tert-OH is 1. The average molecular weight is 408 g/mol. The molecule has 1 aliphatic heterocycles. The minimum absolute atomic E-state index is 0.0372. The van der Waals surface area contributed by atoms with Gasteiger partial charge in [-0.05, 0) is 48.7 Å². The minimum Gasteiger partial charge on any atom is -0.391 e. The van der Waals surface area contributed by atoms with Crippen molar-refractivity contribution in [2.24, 2.45) is 0 Å². The lowest BCUT2D eigenvalue weighted by Crippen LogP contribution is -2.53. The highest BCUT2D eigenvalue weighted by atomic mass is 35.5. The summed E-state index contributed by atoms with van der Waals surface area (Å²) in [6.45, 7) is 3.64. The van der Waals surface area contributed by atoms with Gasteiger partial charge in [-0.15, -0.1) is 0 Å². The number of nitrogens with zero attached hydrogens (tertiary/aromatic N) is 1. The summed E-state index contributed by atoms with van der Waals surface area (Å²) in [6, 6.07) is 14.2. The third kappa shape index (κ3) is 4.30. The van der Waals surface area contributed by atoms with Crippen LogP contribution >= 0.6 is 23.2 Å². The first-order valence-corrected chi connectivity index (χ1v) is 9.79. The second-order valence-electron chi connectivity index (χ2n) is 6.80. The van der Waals surface area contributed by atoms with E-state index < -0.39 is 12.2 Å². The summed E-state index contributed by atoms with van der Waals surface area (Å²) < 4.78 is 5.97. The van der Waals surface area contributed by atoms with Gasteiger partial charge in [-0.25, -0.2) is 0 Å². The van der Waals surface area contributed by atoms with E-state index in [0.29, 0.717) is 16.5 Å². The predicted octanol–water partition coefficient (Wildman–Crippen LogP) is 4.79. The number of rotatable bonds is 5. The molecule has 2 aromatic carbocycles. The molecule has 4 nitrogen and oxygen atoms in total. The number of ether oxygens (including phenoxy) is 1. The zero-order chi connectivity index (χ0) is 19.6. The minimum atomic E-state index is -0.660. The fourth-order valence-corrected chi connectivity index (χ4v) is 4.07. The van der Waals surface area contributed by atoms with Gasteiger partial charge in [0.1, 0.15) is 12.7 Å². The number of aliphatic hydroxyl groups is 1. The molecule has 1 saturated heterocycles. The van der Waals surface area contributed by atoms with Crippen LogP contribution < -0.4 is 0 Å². The van der Waals surface area contributed by atoms with E-state index in [1.165, 1.54) is 0 Å². The number of carbonyl (C=O) groups excluding carboxylic acids is 1. The van der Waals surface area contributed by atoms with Crippen LogP contribution in [0.2, 0.25) is 10.0 Å². The quantitative estimate of drug-likeness (QED) is 0.774. The van der Waals surface area contributed by atoms with Gasteiger partial charge in [-0.3, -0.25) is 4.79 Å². The van der Waals surface area contributed by atoms with Crippen molar-refractivity contribution in [1.29, 1.82) is 0 Å². The van der Waals surface area contributed by atoms with Crippen LogP contribution in [0.1, 0.15) is 43.5 Å². The summed E-state index contributed by atoms with van der Waals surface area (Å²) in [6.07, 6.45) is -0.419. The molecule has 144 valence electrons. The molecule has 2 aromatic rings. The van der Waals surface area contributed by atoms with Crippen LogP contribution in [0, 0.1) is 0 Å². The SMILES string of the molecule is CCC(C(C)O)N1C(=O)COC(c2cccc(Cl)c2)C1c1ccc(Cl)cc1. The maximum absolute atomic E-state index is 12.8. The zero-order valence-electron chi connectivity index (χ0n) is 15.3. The van der Waals surface area contributed by atoms with Gasteiger partial charge < -0.3 is 14.7 Å². The molecule has 1 fully saturated rings. The molecule has 1 heterocycles. The molecule has 0 bridgehead atoms. The molecule has 4 atom stereocenters. The predicted molar refractivity (Wildman–Crippen MR) is 107 cm³/mol. The lowest BCUT2D eigenvalue weighted by molar-refractivity contribution is -0.167. The maximum atomic E-state index is 12.8. The molecule has 0 spiro atoms. The first-order valence-electron chi connectivity index (χ1n) is 9.04. The Labute approximate surface area is 169 Å². The van der Waals surface area contributed by atoms with E-state index in [0.717, 1.165) is 11.1 Å². The van der Waals surface area contributed by atoms with Gasteiger partial charge in [0.15, 0.2) is 0 Å². The molecule has 1 N–H and O–H groups in total. The number of morpholine rings is 1. The van der Waals surface area contributed by atoms with Crippen molar-refractivity contribution >= 4 is 29.1 Å². The van der Waals surface area contributed by atoms with E-state index in [-0.39, 0.29) is 24.6 Å². The summed E-state index contributed by atoms with van der Waals surface area (Å²) in [7, 11) is 0. The molecule has 1 amide bonds. The Morgan fingerprint density at radius 3 is 2.44 bits per heavy atom. The Balaban J connectivity index is 2.11. The van der Waals surface area contributed by atoms with Crippen LogP contribution in [0.15, 0.2) is 48.5 Å². The molecular weight excluding hydrogens is 385 g/mol. The first kappa shape index (κ1) is 20.2. The lowest BCUT2D eigenvalue weighted by atomic mass is 9.90. The molecule has 0 saturated carbocycles. The van der Waals surface area contributed by atoms with Gasteiger partial charge >= 0.3 is 0 Å². The topological polar surface area (TPSA) is 49.8 Å².